The van der Waals surface area contributed by atoms with Crippen molar-refractivity contribution in [2.75, 3.05) is 6.61 Å². The first-order valence-corrected chi connectivity index (χ1v) is 6.43. The van der Waals surface area contributed by atoms with Gasteiger partial charge in [0.15, 0.2) is 0 Å². The molecule has 0 saturated heterocycles. The molecule has 0 aliphatic rings. The molecule has 0 fully saturated rings. The SMILES string of the molecule is CCOC(=O)C[As](=O)(O)O. The first-order chi connectivity index (χ1) is 4.45. The van der Waals surface area contributed by atoms with Crippen LogP contribution in [0.2, 0.25) is 5.21 Å². The molecule has 0 bridgehead atoms. The van der Waals surface area contributed by atoms with E-state index in [1.54, 1.807) is 6.92 Å². The van der Waals surface area contributed by atoms with Crippen LogP contribution in [0.25, 0.3) is 0 Å². The Morgan fingerprint density at radius 2 is 2.10 bits per heavy atom. The van der Waals surface area contributed by atoms with E-state index in [4.69, 9.17) is 8.19 Å². The second-order valence-electron chi connectivity index (χ2n) is 1.63. The predicted octanol–water partition coefficient (Wildman–Crippen LogP) is -1.10. The van der Waals surface area contributed by atoms with Gasteiger partial charge in [0, 0.05) is 0 Å². The molecule has 0 aromatic heterocycles. The number of hydrogen-bond donors (Lipinski definition) is 2. The summed E-state index contributed by atoms with van der Waals surface area (Å²) < 4.78 is 31.0. The number of rotatable bonds is 3. The molecule has 6 heteroatoms. The van der Waals surface area contributed by atoms with Gasteiger partial charge in [0.1, 0.15) is 0 Å². The molecule has 0 unspecified atom stereocenters. The van der Waals surface area contributed by atoms with Gasteiger partial charge in [-0.3, -0.25) is 0 Å². The zero-order chi connectivity index (χ0) is 8.20. The van der Waals surface area contributed by atoms with Crippen LogP contribution >= 0.6 is 0 Å². The molecule has 0 atom stereocenters. The van der Waals surface area contributed by atoms with Gasteiger partial charge in [-0.2, -0.15) is 0 Å². The third kappa shape index (κ3) is 5.88. The normalized spacial score (nSPS) is 11.1. The summed E-state index contributed by atoms with van der Waals surface area (Å²) in [5.74, 6) is -0.838. The van der Waals surface area contributed by atoms with Crippen molar-refractivity contribution in [3.05, 3.63) is 0 Å². The van der Waals surface area contributed by atoms with Crippen LogP contribution in [-0.4, -0.2) is 34.9 Å². The molecule has 0 radical (unpaired) electrons. The Hall–Kier alpha value is -0.252. The molecule has 10 heavy (non-hydrogen) atoms. The first kappa shape index (κ1) is 9.75. The summed E-state index contributed by atoms with van der Waals surface area (Å²) in [5.41, 5.74) is 0. The fraction of sp³-hybridized carbons (Fsp3) is 0.750. The summed E-state index contributed by atoms with van der Waals surface area (Å²) in [5, 5.41) is -0.772. The van der Waals surface area contributed by atoms with E-state index in [2.05, 4.69) is 4.74 Å². The van der Waals surface area contributed by atoms with E-state index >= 15 is 0 Å². The van der Waals surface area contributed by atoms with Crippen LogP contribution in [0.5, 0.6) is 0 Å². The molecule has 0 heterocycles. The van der Waals surface area contributed by atoms with Gasteiger partial charge in [0.05, 0.1) is 0 Å². The molecule has 60 valence electrons. The maximum absolute atomic E-state index is 10.4. The third-order valence-corrected chi connectivity index (χ3v) is 2.05. The summed E-state index contributed by atoms with van der Waals surface area (Å²) in [6.45, 7) is 1.72. The monoisotopic (exact) mass is 212 g/mol. The Labute approximate surface area is 61.0 Å². The topological polar surface area (TPSA) is 83.8 Å². The Morgan fingerprint density at radius 1 is 1.60 bits per heavy atom. The number of carbonyl (C=O) groups is 1. The summed E-state index contributed by atoms with van der Waals surface area (Å²) in [4.78, 5) is 10.4. The predicted molar refractivity (Wildman–Crippen MR) is 32.3 cm³/mol. The zero-order valence-electron chi connectivity index (χ0n) is 5.48. The van der Waals surface area contributed by atoms with Crippen LogP contribution in [0, 0.1) is 0 Å². The Morgan fingerprint density at radius 3 is 2.40 bits per heavy atom. The molecule has 0 spiro atoms. The average Bonchev–Trinajstić information content (AvgIpc) is 1.59. The molecule has 0 aliphatic carbocycles. The average molecular weight is 212 g/mol. The van der Waals surface area contributed by atoms with Gasteiger partial charge >= 0.3 is 60.3 Å². The molecular formula is C4H9AsO5. The minimum atomic E-state index is -4.79. The van der Waals surface area contributed by atoms with Crippen LogP contribution < -0.4 is 0 Å². The van der Waals surface area contributed by atoms with Gasteiger partial charge in [0.2, 0.25) is 0 Å². The van der Waals surface area contributed by atoms with Crippen molar-refractivity contribution < 1.29 is 21.5 Å². The number of esters is 1. The van der Waals surface area contributed by atoms with E-state index in [-0.39, 0.29) is 6.61 Å². The van der Waals surface area contributed by atoms with E-state index in [9.17, 15) is 8.53 Å². The Bertz CT molecular complexity index is 159. The van der Waals surface area contributed by atoms with Gasteiger partial charge in [0.25, 0.3) is 0 Å². The summed E-state index contributed by atoms with van der Waals surface area (Å²) in [6.07, 6.45) is 0. The minimum absolute atomic E-state index is 0.147. The van der Waals surface area contributed by atoms with E-state index in [0.717, 1.165) is 0 Å². The van der Waals surface area contributed by atoms with E-state index < -0.39 is 25.4 Å². The van der Waals surface area contributed by atoms with Crippen molar-refractivity contribution in [2.24, 2.45) is 0 Å². The Kier molecular flexibility index (Phi) is 3.71. The number of hydrogen-bond acceptors (Lipinski definition) is 3. The van der Waals surface area contributed by atoms with Crippen molar-refractivity contribution in [3.63, 3.8) is 0 Å². The number of carbonyl (C=O) groups excluding carboxylic acids is 1. The van der Waals surface area contributed by atoms with Crippen LogP contribution in [-0.2, 0) is 13.3 Å². The van der Waals surface area contributed by atoms with Crippen LogP contribution in [0.1, 0.15) is 6.92 Å². The van der Waals surface area contributed by atoms with Crippen molar-refractivity contribution in [1.29, 1.82) is 0 Å². The second kappa shape index (κ2) is 3.81. The summed E-state index contributed by atoms with van der Waals surface area (Å²) in [6, 6.07) is 0. The standard InChI is InChI=1S/C4H9AsO5/c1-2-10-4(6)3-5(7,8)9/h2-3H2,1H3,(H2,7,8,9). The first-order valence-electron chi connectivity index (χ1n) is 2.66. The fourth-order valence-corrected chi connectivity index (χ4v) is 1.27. The molecule has 0 saturated carbocycles. The van der Waals surface area contributed by atoms with E-state index in [0.29, 0.717) is 0 Å². The fourth-order valence-electron chi connectivity index (χ4n) is 0.375. The van der Waals surface area contributed by atoms with Crippen molar-refractivity contribution in [2.45, 2.75) is 12.1 Å². The van der Waals surface area contributed by atoms with Gasteiger partial charge in [-0.25, -0.2) is 0 Å². The van der Waals surface area contributed by atoms with Gasteiger partial charge < -0.3 is 0 Å². The summed E-state index contributed by atoms with van der Waals surface area (Å²) in [7, 11) is 0. The molecular weight excluding hydrogens is 203 g/mol. The molecule has 0 aromatic rings. The molecule has 5 nitrogen and oxygen atoms in total. The zero-order valence-corrected chi connectivity index (χ0v) is 7.36. The van der Waals surface area contributed by atoms with Crippen LogP contribution in [0.3, 0.4) is 0 Å². The molecule has 0 rings (SSSR count). The maximum atomic E-state index is 10.4. The summed E-state index contributed by atoms with van der Waals surface area (Å²) >= 11 is -4.79. The van der Waals surface area contributed by atoms with Crippen molar-refractivity contribution in [3.8, 4) is 0 Å². The van der Waals surface area contributed by atoms with Crippen LogP contribution in [0.15, 0.2) is 0 Å². The molecule has 0 aliphatic heterocycles. The Balaban J connectivity index is 3.70. The third-order valence-electron chi connectivity index (χ3n) is 0.640. The van der Waals surface area contributed by atoms with E-state index in [1.165, 1.54) is 0 Å². The van der Waals surface area contributed by atoms with E-state index in [1.807, 2.05) is 0 Å². The molecule has 0 aromatic carbocycles. The van der Waals surface area contributed by atoms with Gasteiger partial charge in [-0.05, 0) is 0 Å². The second-order valence-corrected chi connectivity index (χ2v) is 5.08. The number of ether oxygens (including phenoxy) is 1. The quantitative estimate of drug-likeness (QED) is 0.458. The van der Waals surface area contributed by atoms with Crippen molar-refractivity contribution >= 4 is 20.1 Å². The molecule has 0 amide bonds. The van der Waals surface area contributed by atoms with Crippen LogP contribution in [0.4, 0.5) is 0 Å². The van der Waals surface area contributed by atoms with Crippen molar-refractivity contribution in [1.82, 2.24) is 0 Å². The van der Waals surface area contributed by atoms with Gasteiger partial charge in [-0.1, -0.05) is 0 Å². The molecule has 2 N–H and O–H groups in total. The van der Waals surface area contributed by atoms with Gasteiger partial charge in [-0.15, -0.1) is 0 Å².